The number of hydrogen-bond donors (Lipinski definition) is 0. The molecule has 3 nitrogen and oxygen atoms in total. The van der Waals surface area contributed by atoms with E-state index < -0.39 is 0 Å². The lowest BCUT2D eigenvalue weighted by Gasteiger charge is -2.28. The summed E-state index contributed by atoms with van der Waals surface area (Å²) in [5.41, 5.74) is 10.9. The van der Waals surface area contributed by atoms with Crippen LogP contribution in [0.25, 0.3) is 98.4 Å². The van der Waals surface area contributed by atoms with Gasteiger partial charge < -0.3 is 13.7 Å². The fourth-order valence-electron chi connectivity index (χ4n) is 8.99. The summed E-state index contributed by atoms with van der Waals surface area (Å²) in [7, 11) is 0. The predicted molar refractivity (Wildman–Crippen MR) is 239 cm³/mol. The zero-order valence-corrected chi connectivity index (χ0v) is 30.8. The van der Waals surface area contributed by atoms with Gasteiger partial charge in [0.25, 0.3) is 0 Å². The third kappa shape index (κ3) is 4.92. The third-order valence-electron chi connectivity index (χ3n) is 11.6. The first kappa shape index (κ1) is 31.7. The van der Waals surface area contributed by atoms with Crippen molar-refractivity contribution in [1.29, 1.82) is 0 Å². The number of fused-ring (bicyclic) bond motifs is 10. The topological polar surface area (TPSA) is 29.5 Å². The SMILES string of the molecule is c1ccc(N(c2ccc(-c3cccc4c3ccc3ccccc34)cc2)c2cccc3c2oc2ccccc23)c(-c2cccc3c2oc2cc4ccccc4cc23)c1. The van der Waals surface area contributed by atoms with Gasteiger partial charge in [0.2, 0.25) is 0 Å². The molecule has 10 aromatic carbocycles. The number of anilines is 3. The van der Waals surface area contributed by atoms with Crippen molar-refractivity contribution < 1.29 is 8.83 Å². The quantitative estimate of drug-likeness (QED) is 0.165. The van der Waals surface area contributed by atoms with Crippen LogP contribution in [0.5, 0.6) is 0 Å². The minimum absolute atomic E-state index is 0.840. The first-order valence-corrected chi connectivity index (χ1v) is 19.4. The van der Waals surface area contributed by atoms with E-state index in [0.29, 0.717) is 0 Å². The molecule has 3 heteroatoms. The zero-order chi connectivity index (χ0) is 37.5. The van der Waals surface area contributed by atoms with E-state index in [-0.39, 0.29) is 0 Å². The Balaban J connectivity index is 1.07. The van der Waals surface area contributed by atoms with Crippen molar-refractivity contribution in [2.24, 2.45) is 0 Å². The summed E-state index contributed by atoms with van der Waals surface area (Å²) in [6.07, 6.45) is 0. The minimum atomic E-state index is 0.840. The molecule has 0 amide bonds. The number of furan rings is 2. The van der Waals surface area contributed by atoms with Gasteiger partial charge in [-0.1, -0.05) is 158 Å². The maximum atomic E-state index is 6.79. The van der Waals surface area contributed by atoms with Gasteiger partial charge in [-0.3, -0.25) is 0 Å². The van der Waals surface area contributed by atoms with E-state index in [1.165, 1.54) is 32.5 Å². The number of hydrogen-bond acceptors (Lipinski definition) is 3. The highest BCUT2D eigenvalue weighted by atomic mass is 16.3. The summed E-state index contributed by atoms with van der Waals surface area (Å²) in [6, 6.07) is 71.5. The summed E-state index contributed by atoms with van der Waals surface area (Å²) in [5, 5.41) is 11.8. The molecule has 266 valence electrons. The van der Waals surface area contributed by atoms with Gasteiger partial charge >= 0.3 is 0 Å². The van der Waals surface area contributed by atoms with Crippen molar-refractivity contribution in [3.8, 4) is 22.3 Å². The minimum Gasteiger partial charge on any atom is -0.455 e. The molecule has 0 aliphatic rings. The van der Waals surface area contributed by atoms with Crippen molar-refractivity contribution in [3.05, 3.63) is 200 Å². The Morgan fingerprint density at radius 3 is 1.75 bits per heavy atom. The zero-order valence-electron chi connectivity index (χ0n) is 30.8. The lowest BCUT2D eigenvalue weighted by molar-refractivity contribution is 0.669. The van der Waals surface area contributed by atoms with Crippen LogP contribution in [0.1, 0.15) is 0 Å². The van der Waals surface area contributed by atoms with E-state index in [2.05, 4.69) is 193 Å². The second-order valence-electron chi connectivity index (χ2n) is 14.8. The number of nitrogens with zero attached hydrogens (tertiary/aromatic N) is 1. The number of rotatable bonds is 5. The molecule has 0 saturated heterocycles. The molecular weight excluding hydrogens is 695 g/mol. The maximum Gasteiger partial charge on any atom is 0.159 e. The monoisotopic (exact) mass is 727 g/mol. The van der Waals surface area contributed by atoms with E-state index in [4.69, 9.17) is 8.83 Å². The Labute approximate surface area is 328 Å². The van der Waals surface area contributed by atoms with Gasteiger partial charge in [0.05, 0.1) is 11.4 Å². The maximum absolute atomic E-state index is 6.79. The van der Waals surface area contributed by atoms with Gasteiger partial charge in [-0.15, -0.1) is 0 Å². The molecule has 0 fully saturated rings. The Morgan fingerprint density at radius 2 is 0.895 bits per heavy atom. The first-order valence-electron chi connectivity index (χ1n) is 19.4. The first-order chi connectivity index (χ1) is 28.3. The predicted octanol–water partition coefficient (Wildman–Crippen LogP) is 15.7. The number of para-hydroxylation sites is 4. The second kappa shape index (κ2) is 12.5. The van der Waals surface area contributed by atoms with Crippen molar-refractivity contribution in [1.82, 2.24) is 0 Å². The van der Waals surface area contributed by atoms with Gasteiger partial charge in [0.1, 0.15) is 16.7 Å². The van der Waals surface area contributed by atoms with Gasteiger partial charge in [-0.2, -0.15) is 0 Å². The molecule has 12 aromatic rings. The molecule has 57 heavy (non-hydrogen) atoms. The van der Waals surface area contributed by atoms with Crippen molar-refractivity contribution in [2.45, 2.75) is 0 Å². The van der Waals surface area contributed by atoms with Crippen LogP contribution in [0, 0.1) is 0 Å². The van der Waals surface area contributed by atoms with Crippen LogP contribution in [-0.2, 0) is 0 Å². The van der Waals surface area contributed by atoms with Gasteiger partial charge in [0.15, 0.2) is 5.58 Å². The molecule has 0 radical (unpaired) electrons. The van der Waals surface area contributed by atoms with Crippen molar-refractivity contribution >= 4 is 93.3 Å². The molecule has 0 aliphatic heterocycles. The smallest absolute Gasteiger partial charge is 0.159 e. The molecule has 0 saturated carbocycles. The second-order valence-corrected chi connectivity index (χ2v) is 14.8. The van der Waals surface area contributed by atoms with Crippen LogP contribution in [0.2, 0.25) is 0 Å². The highest BCUT2D eigenvalue weighted by Gasteiger charge is 2.24. The van der Waals surface area contributed by atoms with Crippen LogP contribution >= 0.6 is 0 Å². The fraction of sp³-hybridized carbons (Fsp3) is 0. The van der Waals surface area contributed by atoms with Crippen LogP contribution in [0.15, 0.2) is 209 Å². The average Bonchev–Trinajstić information content (AvgIpc) is 3.84. The Morgan fingerprint density at radius 1 is 0.298 bits per heavy atom. The van der Waals surface area contributed by atoms with Crippen LogP contribution in [-0.4, -0.2) is 0 Å². The summed E-state index contributed by atoms with van der Waals surface area (Å²) in [5.74, 6) is 0. The fourth-order valence-corrected chi connectivity index (χ4v) is 8.99. The summed E-state index contributed by atoms with van der Waals surface area (Å²) >= 11 is 0. The Hall–Kier alpha value is -7.62. The highest BCUT2D eigenvalue weighted by Crippen LogP contribution is 2.48. The van der Waals surface area contributed by atoms with E-state index in [9.17, 15) is 0 Å². The Kier molecular flexibility index (Phi) is 6.93. The van der Waals surface area contributed by atoms with Crippen LogP contribution in [0.3, 0.4) is 0 Å². The Bertz CT molecular complexity index is 3530. The van der Waals surface area contributed by atoms with Crippen molar-refractivity contribution in [3.63, 3.8) is 0 Å². The molecule has 0 N–H and O–H groups in total. The normalized spacial score (nSPS) is 11.9. The van der Waals surface area contributed by atoms with Gasteiger partial charge in [0, 0.05) is 38.4 Å². The molecule has 2 aromatic heterocycles. The average molecular weight is 728 g/mol. The number of benzene rings is 10. The largest absolute Gasteiger partial charge is 0.455 e. The molecule has 2 heterocycles. The molecule has 0 spiro atoms. The summed E-state index contributed by atoms with van der Waals surface area (Å²) < 4.78 is 13.5. The van der Waals surface area contributed by atoms with Gasteiger partial charge in [-0.05, 0) is 85.9 Å². The summed E-state index contributed by atoms with van der Waals surface area (Å²) in [4.78, 5) is 2.34. The third-order valence-corrected chi connectivity index (χ3v) is 11.6. The van der Waals surface area contributed by atoms with E-state index in [1.807, 2.05) is 12.1 Å². The van der Waals surface area contributed by atoms with Crippen molar-refractivity contribution in [2.75, 3.05) is 4.90 Å². The summed E-state index contributed by atoms with van der Waals surface area (Å²) in [6.45, 7) is 0. The van der Waals surface area contributed by atoms with E-state index in [0.717, 1.165) is 83.0 Å². The molecule has 12 rings (SSSR count). The molecule has 0 aliphatic carbocycles. The lowest BCUT2D eigenvalue weighted by atomic mass is 9.94. The van der Waals surface area contributed by atoms with E-state index >= 15 is 0 Å². The highest BCUT2D eigenvalue weighted by molar-refractivity contribution is 6.16. The molecule has 0 bridgehead atoms. The molecule has 0 unspecified atom stereocenters. The standard InChI is InChI=1S/C54H33NO2/c1-2-14-37-33-52-48(32-36(37)13-1)47-21-10-20-45(53(47)57-52)43-16-5-7-23-49(43)55(50-24-11-22-46-44-17-6-8-25-51(44)56-54(46)50)38-29-26-35(27-30-38)40-18-9-19-41-39-15-4-3-12-34(39)28-31-42(40)41/h1-33H. The van der Waals surface area contributed by atoms with Crippen LogP contribution in [0.4, 0.5) is 17.1 Å². The molecule has 0 atom stereocenters. The van der Waals surface area contributed by atoms with Gasteiger partial charge in [-0.25, -0.2) is 0 Å². The molecular formula is C54H33NO2. The van der Waals surface area contributed by atoms with E-state index in [1.54, 1.807) is 0 Å². The lowest BCUT2D eigenvalue weighted by Crippen LogP contribution is -2.11. The van der Waals surface area contributed by atoms with Crippen LogP contribution < -0.4 is 4.90 Å².